The molecule has 0 atom stereocenters. The molecule has 0 bridgehead atoms. The smallest absolute Gasteiger partial charge is 0.146 e. The second kappa shape index (κ2) is 6.16. The monoisotopic (exact) mass is 252 g/mol. The van der Waals surface area contributed by atoms with Crippen molar-refractivity contribution in [2.45, 2.75) is 25.3 Å². The standard InChI is InChI=1S/C14H21FN2O/c1-18-10-9-17(12-5-6-12)14-11(7-8-16)3-2-4-13(14)15/h2-4,12H,5-10,16H2,1H3. The highest BCUT2D eigenvalue weighted by Gasteiger charge is 2.31. The summed E-state index contributed by atoms with van der Waals surface area (Å²) in [5.74, 6) is -0.149. The summed E-state index contributed by atoms with van der Waals surface area (Å²) in [6, 6.07) is 5.71. The van der Waals surface area contributed by atoms with Gasteiger partial charge in [-0.2, -0.15) is 0 Å². The number of nitrogens with zero attached hydrogens (tertiary/aromatic N) is 1. The number of anilines is 1. The quantitative estimate of drug-likeness (QED) is 0.806. The van der Waals surface area contributed by atoms with Crippen LogP contribution in [0.5, 0.6) is 0 Å². The van der Waals surface area contributed by atoms with Crippen LogP contribution in [0.15, 0.2) is 18.2 Å². The van der Waals surface area contributed by atoms with Crippen molar-refractivity contribution in [2.24, 2.45) is 5.73 Å². The van der Waals surface area contributed by atoms with Crippen LogP contribution in [-0.4, -0.2) is 32.8 Å². The minimum atomic E-state index is -0.149. The van der Waals surface area contributed by atoms with Crippen LogP contribution in [0.4, 0.5) is 10.1 Å². The molecular formula is C14H21FN2O. The van der Waals surface area contributed by atoms with Crippen molar-refractivity contribution < 1.29 is 9.13 Å². The minimum Gasteiger partial charge on any atom is -0.383 e. The Morgan fingerprint density at radius 2 is 2.22 bits per heavy atom. The van der Waals surface area contributed by atoms with Gasteiger partial charge in [0.1, 0.15) is 5.82 Å². The van der Waals surface area contributed by atoms with Gasteiger partial charge in [-0.3, -0.25) is 0 Å². The molecule has 0 spiro atoms. The molecule has 0 heterocycles. The van der Waals surface area contributed by atoms with E-state index in [1.165, 1.54) is 6.07 Å². The third-order valence-electron chi connectivity index (χ3n) is 3.30. The Kier molecular flexibility index (Phi) is 4.55. The minimum absolute atomic E-state index is 0.149. The molecule has 1 aromatic rings. The molecule has 4 heteroatoms. The Morgan fingerprint density at radius 3 is 2.83 bits per heavy atom. The number of rotatable bonds is 7. The largest absolute Gasteiger partial charge is 0.383 e. The summed E-state index contributed by atoms with van der Waals surface area (Å²) in [6.45, 7) is 1.89. The number of methoxy groups -OCH3 is 1. The highest BCUT2D eigenvalue weighted by Crippen LogP contribution is 2.35. The molecule has 3 nitrogen and oxygen atoms in total. The normalized spacial score (nSPS) is 14.8. The lowest BCUT2D eigenvalue weighted by molar-refractivity contribution is 0.204. The summed E-state index contributed by atoms with van der Waals surface area (Å²) < 4.78 is 19.2. The molecule has 0 aromatic heterocycles. The number of hydrogen-bond acceptors (Lipinski definition) is 3. The fourth-order valence-corrected chi connectivity index (χ4v) is 2.29. The molecule has 1 saturated carbocycles. The van der Waals surface area contributed by atoms with E-state index in [1.807, 2.05) is 6.07 Å². The van der Waals surface area contributed by atoms with Crippen LogP contribution in [-0.2, 0) is 11.2 Å². The summed E-state index contributed by atoms with van der Waals surface area (Å²) >= 11 is 0. The molecule has 2 N–H and O–H groups in total. The van der Waals surface area contributed by atoms with E-state index in [0.717, 1.165) is 30.6 Å². The summed E-state index contributed by atoms with van der Waals surface area (Å²) in [4.78, 5) is 2.14. The lowest BCUT2D eigenvalue weighted by Gasteiger charge is -2.27. The molecule has 1 fully saturated rings. The van der Waals surface area contributed by atoms with Gasteiger partial charge in [0.2, 0.25) is 0 Å². The van der Waals surface area contributed by atoms with Crippen LogP contribution in [0.25, 0.3) is 0 Å². The first-order valence-electron chi connectivity index (χ1n) is 6.51. The lowest BCUT2D eigenvalue weighted by Crippen LogP contribution is -2.31. The Hall–Kier alpha value is -1.13. The SMILES string of the molecule is COCCN(c1c(F)cccc1CCN)C1CC1. The van der Waals surface area contributed by atoms with E-state index in [-0.39, 0.29) is 5.82 Å². The first kappa shape index (κ1) is 13.3. The fraction of sp³-hybridized carbons (Fsp3) is 0.571. The summed E-state index contributed by atoms with van der Waals surface area (Å²) in [7, 11) is 1.67. The van der Waals surface area contributed by atoms with Crippen molar-refractivity contribution >= 4 is 5.69 Å². The highest BCUT2D eigenvalue weighted by molar-refractivity contribution is 5.56. The maximum atomic E-state index is 14.1. The van der Waals surface area contributed by atoms with Gasteiger partial charge in [-0.1, -0.05) is 12.1 Å². The second-order valence-corrected chi connectivity index (χ2v) is 4.70. The fourth-order valence-electron chi connectivity index (χ4n) is 2.29. The number of ether oxygens (including phenoxy) is 1. The number of para-hydroxylation sites is 1. The van der Waals surface area contributed by atoms with E-state index in [2.05, 4.69) is 4.90 Å². The van der Waals surface area contributed by atoms with Crippen molar-refractivity contribution in [3.8, 4) is 0 Å². The first-order valence-corrected chi connectivity index (χ1v) is 6.51. The predicted molar refractivity (Wildman–Crippen MR) is 71.4 cm³/mol. The zero-order chi connectivity index (χ0) is 13.0. The van der Waals surface area contributed by atoms with E-state index >= 15 is 0 Å². The van der Waals surface area contributed by atoms with Crippen molar-refractivity contribution in [1.29, 1.82) is 0 Å². The summed E-state index contributed by atoms with van der Waals surface area (Å²) in [5.41, 5.74) is 7.33. The van der Waals surface area contributed by atoms with Crippen LogP contribution in [0.1, 0.15) is 18.4 Å². The van der Waals surface area contributed by atoms with Crippen LogP contribution < -0.4 is 10.6 Å². The molecule has 0 aliphatic heterocycles. The van der Waals surface area contributed by atoms with Crippen LogP contribution >= 0.6 is 0 Å². The lowest BCUT2D eigenvalue weighted by atomic mass is 10.1. The van der Waals surface area contributed by atoms with E-state index in [4.69, 9.17) is 10.5 Å². The Morgan fingerprint density at radius 1 is 1.44 bits per heavy atom. The molecule has 1 aromatic carbocycles. The van der Waals surface area contributed by atoms with E-state index in [1.54, 1.807) is 13.2 Å². The molecule has 18 heavy (non-hydrogen) atoms. The molecule has 2 rings (SSSR count). The second-order valence-electron chi connectivity index (χ2n) is 4.70. The molecule has 1 aliphatic rings. The van der Waals surface area contributed by atoms with Crippen LogP contribution in [0, 0.1) is 5.82 Å². The number of halogens is 1. The highest BCUT2D eigenvalue weighted by atomic mass is 19.1. The van der Waals surface area contributed by atoms with Crippen molar-refractivity contribution in [3.63, 3.8) is 0 Å². The van der Waals surface area contributed by atoms with Crippen LogP contribution in [0.3, 0.4) is 0 Å². The van der Waals surface area contributed by atoms with Gasteiger partial charge in [0.15, 0.2) is 0 Å². The van der Waals surface area contributed by atoms with Crippen molar-refractivity contribution in [1.82, 2.24) is 0 Å². The van der Waals surface area contributed by atoms with E-state index < -0.39 is 0 Å². The molecule has 0 amide bonds. The molecule has 0 saturated heterocycles. The Balaban J connectivity index is 2.26. The van der Waals surface area contributed by atoms with E-state index in [9.17, 15) is 4.39 Å². The average molecular weight is 252 g/mol. The first-order chi connectivity index (χ1) is 8.77. The zero-order valence-corrected chi connectivity index (χ0v) is 10.9. The van der Waals surface area contributed by atoms with Gasteiger partial charge in [-0.25, -0.2) is 4.39 Å². The maximum Gasteiger partial charge on any atom is 0.146 e. The Labute approximate surface area is 108 Å². The van der Waals surface area contributed by atoms with Gasteiger partial charge in [0, 0.05) is 19.7 Å². The zero-order valence-electron chi connectivity index (χ0n) is 10.9. The summed E-state index contributed by atoms with van der Waals surface area (Å²) in [6.07, 6.45) is 2.99. The summed E-state index contributed by atoms with van der Waals surface area (Å²) in [5, 5.41) is 0. The number of benzene rings is 1. The molecular weight excluding hydrogens is 231 g/mol. The van der Waals surface area contributed by atoms with E-state index in [0.29, 0.717) is 25.6 Å². The molecule has 100 valence electrons. The van der Waals surface area contributed by atoms with Gasteiger partial charge in [0.05, 0.1) is 12.3 Å². The topological polar surface area (TPSA) is 38.5 Å². The van der Waals surface area contributed by atoms with Gasteiger partial charge in [-0.15, -0.1) is 0 Å². The maximum absolute atomic E-state index is 14.1. The third-order valence-corrected chi connectivity index (χ3v) is 3.30. The molecule has 1 aliphatic carbocycles. The van der Waals surface area contributed by atoms with Crippen molar-refractivity contribution in [3.05, 3.63) is 29.6 Å². The van der Waals surface area contributed by atoms with Gasteiger partial charge in [0.25, 0.3) is 0 Å². The van der Waals surface area contributed by atoms with Gasteiger partial charge < -0.3 is 15.4 Å². The number of nitrogens with two attached hydrogens (primary N) is 1. The molecule has 0 radical (unpaired) electrons. The number of hydrogen-bond donors (Lipinski definition) is 1. The Bertz CT molecular complexity index is 393. The predicted octanol–water partition coefficient (Wildman–Crippen LogP) is 1.94. The third kappa shape index (κ3) is 3.00. The molecule has 0 unspecified atom stereocenters. The van der Waals surface area contributed by atoms with Crippen molar-refractivity contribution in [2.75, 3.05) is 31.7 Å². The van der Waals surface area contributed by atoms with Gasteiger partial charge in [-0.05, 0) is 37.4 Å². The average Bonchev–Trinajstić information content (AvgIpc) is 3.17. The van der Waals surface area contributed by atoms with Crippen LogP contribution in [0.2, 0.25) is 0 Å². The van der Waals surface area contributed by atoms with Gasteiger partial charge >= 0.3 is 0 Å².